The minimum absolute atomic E-state index is 1.08. The first kappa shape index (κ1) is 26.7. The highest BCUT2D eigenvalue weighted by atomic mass is 28.4. The van der Waals surface area contributed by atoms with Gasteiger partial charge in [-0.1, -0.05) is 103 Å². The van der Waals surface area contributed by atoms with Gasteiger partial charge < -0.3 is 8.85 Å². The van der Waals surface area contributed by atoms with E-state index in [0.717, 1.165) is 11.5 Å². The molecule has 178 valence electrons. The molecular weight excluding hydrogens is 424 g/mol. The van der Waals surface area contributed by atoms with E-state index in [-0.39, 0.29) is 0 Å². The van der Waals surface area contributed by atoms with E-state index in [0.29, 0.717) is 0 Å². The fourth-order valence-corrected chi connectivity index (χ4v) is 14.1. The molecule has 0 N–H and O–H groups in total. The van der Waals surface area contributed by atoms with Crippen LogP contribution >= 0.6 is 0 Å². The number of hydrogen-bond donors (Lipinski definition) is 0. The molecule has 2 aromatic carbocycles. The third kappa shape index (κ3) is 8.78. The molecule has 0 aliphatic carbocycles. The first-order chi connectivity index (χ1) is 15.6. The molecule has 2 nitrogen and oxygen atoms in total. The highest BCUT2D eigenvalue weighted by molar-refractivity contribution is 6.75. The largest absolute Gasteiger partial charge is 0.543 e. The van der Waals surface area contributed by atoms with E-state index in [9.17, 15) is 0 Å². The smallest absolute Gasteiger partial charge is 0.251 e. The van der Waals surface area contributed by atoms with Crippen LogP contribution in [0.5, 0.6) is 11.5 Å². The van der Waals surface area contributed by atoms with Crippen molar-refractivity contribution in [2.24, 2.45) is 0 Å². The van der Waals surface area contributed by atoms with Crippen LogP contribution in [0.4, 0.5) is 0 Å². The number of rotatable bonds is 17. The van der Waals surface area contributed by atoms with Gasteiger partial charge in [-0.3, -0.25) is 0 Å². The second-order valence-corrected chi connectivity index (χ2v) is 17.5. The van der Waals surface area contributed by atoms with Gasteiger partial charge in [0.15, 0.2) is 0 Å². The van der Waals surface area contributed by atoms with Gasteiger partial charge in [-0.2, -0.15) is 0 Å². The summed E-state index contributed by atoms with van der Waals surface area (Å²) in [6, 6.07) is 28.7. The number of benzene rings is 2. The standard InChI is InChI=1S/C28H46O2Si2/c1-5-21-31(22-6-2,29-27-17-11-9-12-18-27)25-15-16-26-32(23-7-3,24-8-4)30-28-19-13-10-14-20-28/h9-14,17-20H,5-8,15-16,21-26H2,1-4H3. The Hall–Kier alpha value is -1.53. The fraction of sp³-hybridized carbons (Fsp3) is 0.571. The summed E-state index contributed by atoms with van der Waals surface area (Å²) in [5.41, 5.74) is 0. The van der Waals surface area contributed by atoms with Crippen LogP contribution in [0.2, 0.25) is 36.3 Å². The zero-order valence-electron chi connectivity index (χ0n) is 21.1. The lowest BCUT2D eigenvalue weighted by Crippen LogP contribution is -2.42. The molecule has 0 bridgehead atoms. The van der Waals surface area contributed by atoms with Crippen molar-refractivity contribution in [3.05, 3.63) is 60.7 Å². The average Bonchev–Trinajstić information content (AvgIpc) is 2.79. The van der Waals surface area contributed by atoms with E-state index in [1.165, 1.54) is 74.8 Å². The summed E-state index contributed by atoms with van der Waals surface area (Å²) in [7, 11) is -3.54. The maximum absolute atomic E-state index is 6.82. The van der Waals surface area contributed by atoms with Gasteiger partial charge in [0.25, 0.3) is 16.6 Å². The molecule has 0 heterocycles. The lowest BCUT2D eigenvalue weighted by atomic mass is 10.3. The van der Waals surface area contributed by atoms with Gasteiger partial charge in [0, 0.05) is 0 Å². The first-order valence-electron chi connectivity index (χ1n) is 13.1. The molecule has 0 aliphatic rings. The molecule has 0 radical (unpaired) electrons. The molecule has 0 amide bonds. The Balaban J connectivity index is 2.06. The van der Waals surface area contributed by atoms with Gasteiger partial charge >= 0.3 is 0 Å². The Bertz CT molecular complexity index is 645. The highest BCUT2D eigenvalue weighted by Gasteiger charge is 2.37. The van der Waals surface area contributed by atoms with E-state index in [1.54, 1.807) is 0 Å². The second kappa shape index (κ2) is 14.6. The van der Waals surface area contributed by atoms with Gasteiger partial charge in [-0.05, 0) is 60.5 Å². The summed E-state index contributed by atoms with van der Waals surface area (Å²) in [4.78, 5) is 0. The maximum atomic E-state index is 6.82. The molecule has 2 aromatic rings. The topological polar surface area (TPSA) is 18.5 Å². The quantitative estimate of drug-likeness (QED) is 0.169. The van der Waals surface area contributed by atoms with Crippen LogP contribution in [-0.2, 0) is 0 Å². The minimum atomic E-state index is -1.77. The number of hydrogen-bond acceptors (Lipinski definition) is 2. The van der Waals surface area contributed by atoms with Crippen molar-refractivity contribution < 1.29 is 8.85 Å². The molecule has 4 heteroatoms. The summed E-state index contributed by atoms with van der Waals surface area (Å²) in [5, 5.41) is 0. The summed E-state index contributed by atoms with van der Waals surface area (Å²) >= 11 is 0. The van der Waals surface area contributed by atoms with Crippen molar-refractivity contribution in [3.63, 3.8) is 0 Å². The zero-order chi connectivity index (χ0) is 23.1. The van der Waals surface area contributed by atoms with Crippen molar-refractivity contribution in [2.45, 2.75) is 102 Å². The summed E-state index contributed by atoms with van der Waals surface area (Å²) < 4.78 is 13.6. The summed E-state index contributed by atoms with van der Waals surface area (Å²) in [5.74, 6) is 2.16. The lowest BCUT2D eigenvalue weighted by Gasteiger charge is -2.34. The Labute approximate surface area is 200 Å². The predicted octanol–water partition coefficient (Wildman–Crippen LogP) is 9.46. The van der Waals surface area contributed by atoms with Crippen molar-refractivity contribution in [2.75, 3.05) is 0 Å². The predicted molar refractivity (Wildman–Crippen MR) is 145 cm³/mol. The second-order valence-electron chi connectivity index (χ2n) is 9.40. The van der Waals surface area contributed by atoms with Crippen LogP contribution in [-0.4, -0.2) is 16.6 Å². The molecule has 0 aliphatic heterocycles. The highest BCUT2D eigenvalue weighted by Crippen LogP contribution is 2.34. The molecule has 0 aromatic heterocycles. The fourth-order valence-electron chi connectivity index (χ4n) is 5.25. The van der Waals surface area contributed by atoms with Crippen LogP contribution in [0.25, 0.3) is 0 Å². The van der Waals surface area contributed by atoms with Gasteiger partial charge in [-0.15, -0.1) is 0 Å². The van der Waals surface area contributed by atoms with E-state index in [4.69, 9.17) is 8.85 Å². The third-order valence-corrected chi connectivity index (χ3v) is 16.0. The zero-order valence-corrected chi connectivity index (χ0v) is 23.1. The van der Waals surface area contributed by atoms with Gasteiger partial charge in [-0.25, -0.2) is 0 Å². The van der Waals surface area contributed by atoms with Crippen LogP contribution in [0, 0.1) is 0 Å². The number of unbranched alkanes of at least 4 members (excludes halogenated alkanes) is 1. The van der Waals surface area contributed by atoms with Gasteiger partial charge in [0.05, 0.1) is 0 Å². The van der Waals surface area contributed by atoms with Crippen LogP contribution in [0.15, 0.2) is 60.7 Å². The van der Waals surface area contributed by atoms with E-state index in [1.807, 2.05) is 0 Å². The normalized spacial score (nSPS) is 12.0. The van der Waals surface area contributed by atoms with E-state index in [2.05, 4.69) is 88.4 Å². The van der Waals surface area contributed by atoms with Crippen molar-refractivity contribution in [3.8, 4) is 11.5 Å². The maximum Gasteiger partial charge on any atom is 0.251 e. The lowest BCUT2D eigenvalue weighted by molar-refractivity contribution is 0.505. The summed E-state index contributed by atoms with van der Waals surface area (Å²) in [6.07, 6.45) is 7.45. The first-order valence-corrected chi connectivity index (χ1v) is 18.1. The third-order valence-electron chi connectivity index (χ3n) is 6.49. The van der Waals surface area contributed by atoms with Gasteiger partial charge in [0.2, 0.25) is 0 Å². The minimum Gasteiger partial charge on any atom is -0.543 e. The summed E-state index contributed by atoms with van der Waals surface area (Å²) in [6.45, 7) is 9.28. The molecule has 0 saturated heterocycles. The molecule has 0 atom stereocenters. The van der Waals surface area contributed by atoms with E-state index >= 15 is 0 Å². The molecule has 0 unspecified atom stereocenters. The molecule has 2 rings (SSSR count). The van der Waals surface area contributed by atoms with Crippen LogP contribution < -0.4 is 8.85 Å². The SMILES string of the molecule is CCC[Si](CCC)(CCCC[Si](CCC)(CCC)Oc1ccccc1)Oc1ccccc1. The molecule has 0 fully saturated rings. The number of para-hydroxylation sites is 2. The Morgan fingerprint density at radius 1 is 0.469 bits per heavy atom. The van der Waals surface area contributed by atoms with Crippen LogP contribution in [0.3, 0.4) is 0 Å². The Kier molecular flexibility index (Phi) is 12.2. The average molecular weight is 471 g/mol. The van der Waals surface area contributed by atoms with Gasteiger partial charge in [0.1, 0.15) is 11.5 Å². The van der Waals surface area contributed by atoms with Crippen molar-refractivity contribution in [1.82, 2.24) is 0 Å². The molecule has 32 heavy (non-hydrogen) atoms. The van der Waals surface area contributed by atoms with Crippen LogP contribution in [0.1, 0.15) is 66.2 Å². The van der Waals surface area contributed by atoms with Crippen molar-refractivity contribution in [1.29, 1.82) is 0 Å². The molecular formula is C28H46O2Si2. The monoisotopic (exact) mass is 470 g/mol. The Morgan fingerprint density at radius 2 is 0.781 bits per heavy atom. The van der Waals surface area contributed by atoms with E-state index < -0.39 is 16.6 Å². The molecule has 0 saturated carbocycles. The molecule has 0 spiro atoms. The van der Waals surface area contributed by atoms with Crippen molar-refractivity contribution >= 4 is 16.6 Å². The Morgan fingerprint density at radius 3 is 1.06 bits per heavy atom.